The topological polar surface area (TPSA) is 52.1 Å². The van der Waals surface area contributed by atoms with Gasteiger partial charge in [-0.05, 0) is 23.1 Å². The first kappa shape index (κ1) is 25.0. The molecule has 36 heavy (non-hydrogen) atoms. The number of hydrogen-bond acceptors (Lipinski definition) is 6. The van der Waals surface area contributed by atoms with E-state index in [4.69, 9.17) is 19.2 Å². The van der Waals surface area contributed by atoms with Crippen molar-refractivity contribution in [2.75, 3.05) is 13.7 Å². The Hall–Kier alpha value is -2.64. The molecule has 5 atom stereocenters. The lowest BCUT2D eigenvalue weighted by molar-refractivity contribution is -0.145. The summed E-state index contributed by atoms with van der Waals surface area (Å²) in [5, 5.41) is 4.57. The Balaban J connectivity index is 1.35. The number of ether oxygens (including phenoxy) is 3. The van der Waals surface area contributed by atoms with E-state index < -0.39 is 0 Å². The lowest BCUT2D eigenvalue weighted by Crippen LogP contribution is -2.54. The van der Waals surface area contributed by atoms with E-state index in [1.807, 2.05) is 37.0 Å². The molecule has 1 heterocycles. The van der Waals surface area contributed by atoms with Gasteiger partial charge in [0.25, 0.3) is 0 Å². The fraction of sp³-hybridized carbons (Fsp3) is 0.367. The van der Waals surface area contributed by atoms with Crippen molar-refractivity contribution in [3.63, 3.8) is 0 Å². The normalized spacial score (nSPS) is 25.2. The molecule has 3 aromatic rings. The highest BCUT2D eigenvalue weighted by molar-refractivity contribution is 8.14. The average Bonchev–Trinajstić information content (AvgIpc) is 3.35. The fourth-order valence-corrected chi connectivity index (χ4v) is 6.26. The summed E-state index contributed by atoms with van der Waals surface area (Å²) in [4.78, 5) is 5.01. The van der Waals surface area contributed by atoms with Gasteiger partial charge in [-0.3, -0.25) is 4.99 Å². The minimum Gasteiger partial charge on any atom is -0.376 e. The van der Waals surface area contributed by atoms with Crippen LogP contribution in [0, 0.1) is 5.92 Å². The van der Waals surface area contributed by atoms with Crippen LogP contribution in [0.1, 0.15) is 23.1 Å². The summed E-state index contributed by atoms with van der Waals surface area (Å²) in [6, 6.07) is 31.1. The molecule has 1 saturated carbocycles. The lowest BCUT2D eigenvalue weighted by atomic mass is 9.81. The number of thioether (sulfide) groups is 1. The zero-order valence-corrected chi connectivity index (χ0v) is 21.5. The van der Waals surface area contributed by atoms with E-state index in [1.54, 1.807) is 0 Å². The highest BCUT2D eigenvalue weighted by atomic mass is 32.2. The maximum Gasteiger partial charge on any atom is 0.157 e. The van der Waals surface area contributed by atoms with Crippen LogP contribution < -0.4 is 5.32 Å². The molecule has 0 unspecified atom stereocenters. The number of fused-ring (bicyclic) bond motifs is 1. The summed E-state index contributed by atoms with van der Waals surface area (Å²) in [5.41, 5.74) is 3.49. The van der Waals surface area contributed by atoms with Crippen LogP contribution in [-0.4, -0.2) is 42.3 Å². The lowest BCUT2D eigenvalue weighted by Gasteiger charge is -2.42. The molecule has 6 heteroatoms. The number of hydrogen-bond donors (Lipinski definition) is 1. The number of amidine groups is 1. The summed E-state index contributed by atoms with van der Waals surface area (Å²) in [6.45, 7) is 2.29. The second-order valence-electron chi connectivity index (χ2n) is 9.35. The van der Waals surface area contributed by atoms with Gasteiger partial charge < -0.3 is 19.5 Å². The van der Waals surface area contributed by atoms with Gasteiger partial charge in [0.2, 0.25) is 0 Å². The average molecular weight is 503 g/mol. The smallest absolute Gasteiger partial charge is 0.157 e. The predicted molar refractivity (Wildman–Crippen MR) is 146 cm³/mol. The van der Waals surface area contributed by atoms with Crippen LogP contribution in [0.5, 0.6) is 0 Å². The Kier molecular flexibility index (Phi) is 8.72. The molecule has 1 fully saturated rings. The minimum atomic E-state index is -0.156. The van der Waals surface area contributed by atoms with E-state index >= 15 is 0 Å². The first-order chi connectivity index (χ1) is 17.8. The maximum absolute atomic E-state index is 6.66. The zero-order chi connectivity index (χ0) is 24.6. The third-order valence-electron chi connectivity index (χ3n) is 6.80. The van der Waals surface area contributed by atoms with Crippen LogP contribution in [0.2, 0.25) is 0 Å². The molecule has 2 aliphatic rings. The largest absolute Gasteiger partial charge is 0.376 e. The summed E-state index contributed by atoms with van der Waals surface area (Å²) in [5.74, 6) is 0.207. The molecule has 1 aliphatic carbocycles. The number of benzene rings is 3. The first-order valence-corrected chi connectivity index (χ1v) is 13.5. The number of aliphatic imine (C=N–C) groups is 1. The molecule has 0 bridgehead atoms. The van der Waals surface area contributed by atoms with Gasteiger partial charge in [0, 0.05) is 18.2 Å². The Labute approximate surface area is 218 Å². The molecule has 0 saturated heterocycles. The Morgan fingerprint density at radius 2 is 1.28 bits per heavy atom. The second-order valence-corrected chi connectivity index (χ2v) is 10.6. The Bertz CT molecular complexity index is 1100. The standard InChI is InChI=1S/C30H34N2O3S/c1-31-30-32-27-26(36-30)17-25(21-33-18-22-11-5-2-6-12-22)28(34-19-23-13-7-3-8-14-23)29(27)35-20-24-15-9-4-10-16-24/h2-16,25-29H,17-21H2,1H3,(H,31,32)/t25-,26+,27+,28-,29-/m1/s1. The van der Waals surface area contributed by atoms with E-state index in [1.165, 1.54) is 5.56 Å². The van der Waals surface area contributed by atoms with Crippen molar-refractivity contribution in [3.8, 4) is 0 Å². The molecule has 0 aromatic heterocycles. The predicted octanol–water partition coefficient (Wildman–Crippen LogP) is 5.45. The van der Waals surface area contributed by atoms with E-state index in [9.17, 15) is 0 Å². The molecule has 0 spiro atoms. The minimum absolute atomic E-state index is 0.0484. The molecular formula is C30H34N2O3S. The van der Waals surface area contributed by atoms with Crippen molar-refractivity contribution < 1.29 is 14.2 Å². The molecule has 5 nitrogen and oxygen atoms in total. The number of rotatable bonds is 10. The van der Waals surface area contributed by atoms with Gasteiger partial charge in [0.1, 0.15) is 6.10 Å². The van der Waals surface area contributed by atoms with Crippen LogP contribution in [0.3, 0.4) is 0 Å². The van der Waals surface area contributed by atoms with Crippen molar-refractivity contribution in [1.29, 1.82) is 0 Å². The molecule has 1 aliphatic heterocycles. The van der Waals surface area contributed by atoms with Gasteiger partial charge in [0.05, 0.1) is 38.6 Å². The van der Waals surface area contributed by atoms with E-state index in [-0.39, 0.29) is 24.2 Å². The van der Waals surface area contributed by atoms with E-state index in [0.29, 0.717) is 31.7 Å². The van der Waals surface area contributed by atoms with Crippen LogP contribution in [-0.2, 0) is 34.0 Å². The van der Waals surface area contributed by atoms with Gasteiger partial charge in [-0.2, -0.15) is 0 Å². The molecular weight excluding hydrogens is 468 g/mol. The summed E-state index contributed by atoms with van der Waals surface area (Å²) in [6.07, 6.45) is 0.701. The van der Waals surface area contributed by atoms with Crippen molar-refractivity contribution in [2.45, 2.75) is 49.7 Å². The summed E-state index contributed by atoms with van der Waals surface area (Å²) < 4.78 is 19.6. The number of nitrogens with one attached hydrogen (secondary N) is 1. The first-order valence-electron chi connectivity index (χ1n) is 12.6. The molecule has 0 amide bonds. The maximum atomic E-state index is 6.66. The van der Waals surface area contributed by atoms with Crippen molar-refractivity contribution >= 4 is 16.9 Å². The van der Waals surface area contributed by atoms with Crippen LogP contribution >= 0.6 is 11.8 Å². The van der Waals surface area contributed by atoms with Crippen LogP contribution in [0.4, 0.5) is 0 Å². The SMILES string of the molecule is CNC1=N[C@@H]2[C@@H](OCc3ccccc3)[C@H](OCc3ccccc3)[C@@H](COCc3ccccc3)C[C@@H]2S1. The summed E-state index contributed by atoms with van der Waals surface area (Å²) >= 11 is 1.82. The van der Waals surface area contributed by atoms with Gasteiger partial charge >= 0.3 is 0 Å². The molecule has 5 rings (SSSR count). The molecule has 188 valence electrons. The fourth-order valence-electron chi connectivity index (χ4n) is 4.98. The van der Waals surface area contributed by atoms with Crippen molar-refractivity contribution in [3.05, 3.63) is 108 Å². The second kappa shape index (κ2) is 12.5. The zero-order valence-electron chi connectivity index (χ0n) is 20.7. The third kappa shape index (κ3) is 6.37. The van der Waals surface area contributed by atoms with Crippen LogP contribution in [0.15, 0.2) is 96.0 Å². The summed E-state index contributed by atoms with van der Waals surface area (Å²) in [7, 11) is 1.94. The quantitative estimate of drug-likeness (QED) is 0.399. The van der Waals surface area contributed by atoms with Gasteiger partial charge in [-0.25, -0.2) is 0 Å². The highest BCUT2D eigenvalue weighted by Crippen LogP contribution is 2.42. The monoisotopic (exact) mass is 502 g/mol. The van der Waals surface area contributed by atoms with E-state index in [2.05, 4.69) is 78.1 Å². The highest BCUT2D eigenvalue weighted by Gasteiger charge is 2.49. The Morgan fingerprint density at radius 3 is 1.83 bits per heavy atom. The van der Waals surface area contributed by atoms with Gasteiger partial charge in [0.15, 0.2) is 5.17 Å². The van der Waals surface area contributed by atoms with Crippen molar-refractivity contribution in [1.82, 2.24) is 5.32 Å². The Morgan fingerprint density at radius 1 is 0.750 bits per heavy atom. The molecule has 3 aromatic carbocycles. The van der Waals surface area contributed by atoms with Crippen LogP contribution in [0.25, 0.3) is 0 Å². The van der Waals surface area contributed by atoms with Crippen molar-refractivity contribution in [2.24, 2.45) is 10.9 Å². The number of nitrogens with zero attached hydrogens (tertiary/aromatic N) is 1. The third-order valence-corrected chi connectivity index (χ3v) is 8.11. The van der Waals surface area contributed by atoms with Gasteiger partial charge in [-0.1, -0.05) is 103 Å². The molecule has 0 radical (unpaired) electrons. The van der Waals surface area contributed by atoms with Gasteiger partial charge in [-0.15, -0.1) is 0 Å². The molecule has 1 N–H and O–H groups in total. The van der Waals surface area contributed by atoms with E-state index in [0.717, 1.165) is 22.7 Å².